The van der Waals surface area contributed by atoms with Gasteiger partial charge in [-0.3, -0.25) is 4.57 Å². The first-order chi connectivity index (χ1) is 16.3. The molecule has 0 amide bonds. The zero-order valence-electron chi connectivity index (χ0n) is 19.9. The van der Waals surface area contributed by atoms with E-state index in [4.69, 9.17) is 15.2 Å². The van der Waals surface area contributed by atoms with Crippen LogP contribution in [0.4, 0.5) is 13.6 Å². The van der Waals surface area contributed by atoms with Crippen molar-refractivity contribution in [3.8, 4) is 11.8 Å². The number of aromatic amines is 1. The number of imidazole rings is 1. The average Bonchev–Trinajstić information content (AvgIpc) is 3.36. The molecule has 182 valence electrons. The number of fused-ring (bicyclic) bond motifs is 2. The summed E-state index contributed by atoms with van der Waals surface area (Å²) in [5.74, 6) is 0.145. The second kappa shape index (κ2) is 8.36. The number of nitrogens with two attached hydrogens (primary N) is 1. The highest BCUT2D eigenvalue weighted by atomic mass is 19.3. The van der Waals surface area contributed by atoms with E-state index in [0.29, 0.717) is 33.1 Å². The summed E-state index contributed by atoms with van der Waals surface area (Å²) < 4.78 is 38.5. The molecular weight excluding hydrogens is 456 g/mol. The van der Waals surface area contributed by atoms with Gasteiger partial charge in [0.05, 0.1) is 28.2 Å². The van der Waals surface area contributed by atoms with E-state index in [1.807, 2.05) is 0 Å². The minimum Gasteiger partial charge on any atom is -0.443 e. The fourth-order valence-electron chi connectivity index (χ4n) is 4.14. The van der Waals surface area contributed by atoms with Gasteiger partial charge in [0, 0.05) is 17.1 Å². The minimum absolute atomic E-state index is 0.130. The molecule has 0 aliphatic rings. The third-order valence-corrected chi connectivity index (χ3v) is 5.55. The highest BCUT2D eigenvalue weighted by Gasteiger charge is 2.35. The lowest BCUT2D eigenvalue weighted by molar-refractivity contribution is -0.0507. The number of carbonyl (C=O) groups excluding carboxylic acids is 1. The molecule has 10 heteroatoms. The first-order valence-corrected chi connectivity index (χ1v) is 10.8. The van der Waals surface area contributed by atoms with Gasteiger partial charge in [-0.2, -0.15) is 14.0 Å². The first kappa shape index (κ1) is 24.2. The molecule has 4 rings (SSSR count). The Bertz CT molecular complexity index is 1490. The van der Waals surface area contributed by atoms with E-state index in [-0.39, 0.29) is 17.1 Å². The molecule has 0 aliphatic heterocycles. The molecule has 0 bridgehead atoms. The Balaban J connectivity index is 1.96. The van der Waals surface area contributed by atoms with Crippen molar-refractivity contribution < 1.29 is 23.0 Å². The lowest BCUT2D eigenvalue weighted by atomic mass is 9.87. The fourth-order valence-corrected chi connectivity index (χ4v) is 4.14. The minimum atomic E-state index is -3.09. The third kappa shape index (κ3) is 4.42. The molecule has 3 N–H and O–H groups in total. The maximum Gasteiger partial charge on any atom is 0.419 e. The molecule has 1 unspecified atom stereocenters. The highest BCUT2D eigenvalue weighted by molar-refractivity contribution is 5.96. The molecule has 8 nitrogen and oxygen atoms in total. The van der Waals surface area contributed by atoms with Crippen molar-refractivity contribution in [3.05, 3.63) is 59.0 Å². The molecule has 2 aromatic carbocycles. The number of benzene rings is 2. The van der Waals surface area contributed by atoms with Gasteiger partial charge in [0.25, 0.3) is 0 Å². The highest BCUT2D eigenvalue weighted by Crippen LogP contribution is 2.41. The standard InChI is InChI=1S/C25H25F2N5O3/c1-13-10-18(34-22(26)27)19(15-8-9-32(20(13)15)23(33)35-24(2,3)4)25(5,29)21-30-16-7-6-14(12-28)11-17(16)31-21/h6-11,22H,29H2,1-5H3,(H,30,31). The summed E-state index contributed by atoms with van der Waals surface area (Å²) in [6.07, 6.45) is 0.894. The topological polar surface area (TPSA) is 119 Å². The fraction of sp³-hybridized carbons (Fsp3) is 0.320. The summed E-state index contributed by atoms with van der Waals surface area (Å²) in [6.45, 7) is 5.45. The van der Waals surface area contributed by atoms with Gasteiger partial charge in [-0.05, 0) is 70.5 Å². The van der Waals surface area contributed by atoms with E-state index in [9.17, 15) is 18.8 Å². The second-order valence-electron chi connectivity index (χ2n) is 9.50. The normalized spacial score (nSPS) is 13.7. The predicted octanol–water partition coefficient (Wildman–Crippen LogP) is 5.30. The van der Waals surface area contributed by atoms with Crippen molar-refractivity contribution in [2.75, 3.05) is 0 Å². The monoisotopic (exact) mass is 481 g/mol. The van der Waals surface area contributed by atoms with E-state index < -0.39 is 23.8 Å². The van der Waals surface area contributed by atoms with Crippen LogP contribution < -0.4 is 10.5 Å². The van der Waals surface area contributed by atoms with Crippen LogP contribution in [0.15, 0.2) is 36.5 Å². The summed E-state index contributed by atoms with van der Waals surface area (Å²) in [6, 6.07) is 10.0. The van der Waals surface area contributed by atoms with Crippen LogP contribution in [0, 0.1) is 18.3 Å². The number of hydrogen-bond acceptors (Lipinski definition) is 6. The van der Waals surface area contributed by atoms with Crippen LogP contribution in [-0.2, 0) is 10.3 Å². The van der Waals surface area contributed by atoms with Crippen molar-refractivity contribution in [2.45, 2.75) is 52.4 Å². The van der Waals surface area contributed by atoms with Gasteiger partial charge in [0.2, 0.25) is 0 Å². The molecule has 1 atom stereocenters. The van der Waals surface area contributed by atoms with Crippen molar-refractivity contribution in [2.24, 2.45) is 5.73 Å². The summed E-state index contributed by atoms with van der Waals surface area (Å²) in [5.41, 5.74) is 7.35. The number of nitrogens with one attached hydrogen (secondary N) is 1. The Morgan fingerprint density at radius 1 is 1.23 bits per heavy atom. The number of rotatable bonds is 4. The van der Waals surface area contributed by atoms with E-state index in [2.05, 4.69) is 16.0 Å². The van der Waals surface area contributed by atoms with Crippen LogP contribution in [0.3, 0.4) is 0 Å². The molecule has 0 aliphatic carbocycles. The van der Waals surface area contributed by atoms with Crippen molar-refractivity contribution in [1.82, 2.24) is 14.5 Å². The summed E-state index contributed by atoms with van der Waals surface area (Å²) in [5, 5.41) is 9.63. The Morgan fingerprint density at radius 2 is 1.94 bits per heavy atom. The number of ether oxygens (including phenoxy) is 2. The largest absolute Gasteiger partial charge is 0.443 e. The van der Waals surface area contributed by atoms with Crippen LogP contribution in [0.25, 0.3) is 21.9 Å². The van der Waals surface area contributed by atoms with Gasteiger partial charge in [0.15, 0.2) is 0 Å². The average molecular weight is 482 g/mol. The predicted molar refractivity (Wildman–Crippen MR) is 126 cm³/mol. The first-order valence-electron chi connectivity index (χ1n) is 10.8. The molecule has 4 aromatic rings. The number of aryl methyl sites for hydroxylation is 1. The van der Waals surface area contributed by atoms with Gasteiger partial charge in [-0.1, -0.05) is 0 Å². The summed E-state index contributed by atoms with van der Waals surface area (Å²) in [7, 11) is 0. The van der Waals surface area contributed by atoms with E-state index in [0.717, 1.165) is 0 Å². The van der Waals surface area contributed by atoms with Crippen LogP contribution in [0.2, 0.25) is 0 Å². The molecule has 0 radical (unpaired) electrons. The quantitative estimate of drug-likeness (QED) is 0.408. The molecule has 0 saturated carbocycles. The number of nitriles is 1. The summed E-state index contributed by atoms with van der Waals surface area (Å²) >= 11 is 0. The Labute approximate surface area is 200 Å². The molecule has 35 heavy (non-hydrogen) atoms. The Morgan fingerprint density at radius 3 is 2.57 bits per heavy atom. The molecular formula is C25H25F2N5O3. The van der Waals surface area contributed by atoms with Gasteiger partial charge >= 0.3 is 12.7 Å². The number of hydrogen-bond donors (Lipinski definition) is 2. The van der Waals surface area contributed by atoms with Crippen LogP contribution in [0.5, 0.6) is 5.75 Å². The van der Waals surface area contributed by atoms with Gasteiger partial charge in [-0.25, -0.2) is 9.78 Å². The molecule has 0 saturated heterocycles. The zero-order chi connectivity index (χ0) is 25.7. The Kier molecular flexibility index (Phi) is 5.77. The zero-order valence-corrected chi connectivity index (χ0v) is 19.9. The van der Waals surface area contributed by atoms with Crippen molar-refractivity contribution >= 4 is 28.0 Å². The second-order valence-corrected chi connectivity index (χ2v) is 9.50. The van der Waals surface area contributed by atoms with Gasteiger partial charge in [-0.15, -0.1) is 0 Å². The molecule has 0 spiro atoms. The number of aromatic nitrogens is 3. The number of carbonyl (C=O) groups is 1. The smallest absolute Gasteiger partial charge is 0.419 e. The van der Waals surface area contributed by atoms with Gasteiger partial charge < -0.3 is 20.2 Å². The maximum absolute atomic E-state index is 13.4. The lowest BCUT2D eigenvalue weighted by Crippen LogP contribution is -2.36. The maximum atomic E-state index is 13.4. The van der Waals surface area contributed by atoms with Crippen molar-refractivity contribution in [1.29, 1.82) is 5.26 Å². The number of nitrogens with zero attached hydrogens (tertiary/aromatic N) is 3. The molecule has 0 fully saturated rings. The van der Waals surface area contributed by atoms with E-state index in [1.54, 1.807) is 58.9 Å². The number of halogens is 2. The number of H-pyrrole nitrogens is 1. The molecule has 2 heterocycles. The lowest BCUT2D eigenvalue weighted by Gasteiger charge is -2.27. The number of alkyl halides is 2. The van der Waals surface area contributed by atoms with Crippen LogP contribution in [-0.4, -0.2) is 32.8 Å². The summed E-state index contributed by atoms with van der Waals surface area (Å²) in [4.78, 5) is 20.5. The Hall–Kier alpha value is -3.97. The van der Waals surface area contributed by atoms with Crippen LogP contribution >= 0.6 is 0 Å². The molecule has 2 aromatic heterocycles. The van der Waals surface area contributed by atoms with Crippen LogP contribution in [0.1, 0.15) is 50.2 Å². The van der Waals surface area contributed by atoms with E-state index >= 15 is 0 Å². The van der Waals surface area contributed by atoms with Gasteiger partial charge in [0.1, 0.15) is 22.7 Å². The third-order valence-electron chi connectivity index (χ3n) is 5.55. The van der Waals surface area contributed by atoms with E-state index in [1.165, 1.54) is 16.8 Å². The van der Waals surface area contributed by atoms with Crippen molar-refractivity contribution in [3.63, 3.8) is 0 Å². The SMILES string of the molecule is Cc1cc(OC(F)F)c(C(C)(N)c2nc3ccc(C#N)cc3[nH]2)c2ccn(C(=O)OC(C)(C)C)c12.